The Labute approximate surface area is 135 Å². The molecule has 124 valence electrons. The zero-order valence-corrected chi connectivity index (χ0v) is 14.1. The van der Waals surface area contributed by atoms with E-state index in [-0.39, 0.29) is 0 Å². The van der Waals surface area contributed by atoms with Gasteiger partial charge in [-0.1, -0.05) is 19.8 Å². The van der Waals surface area contributed by atoms with Crippen LogP contribution in [0.2, 0.25) is 0 Å². The summed E-state index contributed by atoms with van der Waals surface area (Å²) in [7, 11) is 0. The molecular formula is C18H32N4. The topological polar surface area (TPSA) is 33.1 Å². The van der Waals surface area contributed by atoms with Crippen LogP contribution in [0.4, 0.5) is 0 Å². The number of aromatic nitrogens is 2. The van der Waals surface area contributed by atoms with E-state index < -0.39 is 0 Å². The second kappa shape index (κ2) is 8.11. The van der Waals surface area contributed by atoms with E-state index >= 15 is 0 Å². The fourth-order valence-corrected chi connectivity index (χ4v) is 4.19. The SMILES string of the molecule is C[C@H]1CCC[C@H](N2CCC(NCCCn3ccnc3)CC2)C1. The first kappa shape index (κ1) is 16.0. The van der Waals surface area contributed by atoms with Gasteiger partial charge in [0.2, 0.25) is 0 Å². The Kier molecular flexibility index (Phi) is 5.90. The highest BCUT2D eigenvalue weighted by atomic mass is 15.2. The van der Waals surface area contributed by atoms with Crippen molar-refractivity contribution in [3.8, 4) is 0 Å². The molecule has 0 aromatic carbocycles. The zero-order valence-electron chi connectivity index (χ0n) is 14.1. The average molecular weight is 304 g/mol. The summed E-state index contributed by atoms with van der Waals surface area (Å²) in [6, 6.07) is 1.62. The average Bonchev–Trinajstić information content (AvgIpc) is 3.06. The molecule has 2 aliphatic rings. The lowest BCUT2D eigenvalue weighted by Gasteiger charge is -2.41. The van der Waals surface area contributed by atoms with Crippen molar-refractivity contribution < 1.29 is 0 Å². The molecule has 1 aliphatic heterocycles. The second-order valence-corrected chi connectivity index (χ2v) is 7.34. The molecule has 0 radical (unpaired) electrons. The quantitative estimate of drug-likeness (QED) is 0.820. The number of likely N-dealkylation sites (tertiary alicyclic amines) is 1. The molecule has 3 rings (SSSR count). The van der Waals surface area contributed by atoms with Crippen LogP contribution >= 0.6 is 0 Å². The summed E-state index contributed by atoms with van der Waals surface area (Å²) >= 11 is 0. The van der Waals surface area contributed by atoms with Crippen LogP contribution in [-0.4, -0.2) is 46.2 Å². The maximum absolute atomic E-state index is 4.09. The number of aryl methyl sites for hydroxylation is 1. The van der Waals surface area contributed by atoms with E-state index in [4.69, 9.17) is 0 Å². The van der Waals surface area contributed by atoms with E-state index in [0.29, 0.717) is 0 Å². The molecule has 1 aromatic heterocycles. The van der Waals surface area contributed by atoms with Crippen molar-refractivity contribution in [2.45, 2.75) is 70.5 Å². The Morgan fingerprint density at radius 3 is 2.77 bits per heavy atom. The third-order valence-corrected chi connectivity index (χ3v) is 5.54. The molecule has 4 heteroatoms. The van der Waals surface area contributed by atoms with Gasteiger partial charge in [-0.05, 0) is 57.7 Å². The van der Waals surface area contributed by atoms with Crippen molar-refractivity contribution in [3.63, 3.8) is 0 Å². The van der Waals surface area contributed by atoms with Gasteiger partial charge in [0.15, 0.2) is 0 Å². The van der Waals surface area contributed by atoms with Gasteiger partial charge in [-0.25, -0.2) is 4.98 Å². The lowest BCUT2D eigenvalue weighted by Crippen LogP contribution is -2.48. The zero-order chi connectivity index (χ0) is 15.2. The van der Waals surface area contributed by atoms with E-state index in [2.05, 4.69) is 26.7 Å². The molecule has 2 atom stereocenters. The van der Waals surface area contributed by atoms with Crippen molar-refractivity contribution in [2.24, 2.45) is 5.92 Å². The van der Waals surface area contributed by atoms with Crippen molar-refractivity contribution in [2.75, 3.05) is 19.6 Å². The number of hydrogen-bond donors (Lipinski definition) is 1. The maximum Gasteiger partial charge on any atom is 0.0945 e. The third kappa shape index (κ3) is 4.56. The molecule has 0 bridgehead atoms. The predicted molar refractivity (Wildman–Crippen MR) is 90.9 cm³/mol. The largest absolute Gasteiger partial charge is 0.337 e. The first-order chi connectivity index (χ1) is 10.8. The smallest absolute Gasteiger partial charge is 0.0945 e. The van der Waals surface area contributed by atoms with Gasteiger partial charge >= 0.3 is 0 Å². The molecule has 2 fully saturated rings. The number of imidazole rings is 1. The summed E-state index contributed by atoms with van der Waals surface area (Å²) in [6.45, 7) is 7.24. The molecule has 22 heavy (non-hydrogen) atoms. The number of rotatable bonds is 6. The van der Waals surface area contributed by atoms with Gasteiger partial charge in [-0.15, -0.1) is 0 Å². The van der Waals surface area contributed by atoms with Crippen LogP contribution in [-0.2, 0) is 6.54 Å². The third-order valence-electron chi connectivity index (χ3n) is 5.54. The number of nitrogens with one attached hydrogen (secondary N) is 1. The minimum absolute atomic E-state index is 0.736. The first-order valence-electron chi connectivity index (χ1n) is 9.24. The van der Waals surface area contributed by atoms with Crippen molar-refractivity contribution in [3.05, 3.63) is 18.7 Å². The molecule has 0 amide bonds. The van der Waals surface area contributed by atoms with Crippen molar-refractivity contribution >= 4 is 0 Å². The van der Waals surface area contributed by atoms with Crippen LogP contribution in [0.25, 0.3) is 0 Å². The summed E-state index contributed by atoms with van der Waals surface area (Å²) in [5, 5.41) is 3.76. The number of hydrogen-bond acceptors (Lipinski definition) is 3. The van der Waals surface area contributed by atoms with Crippen molar-refractivity contribution in [1.29, 1.82) is 0 Å². The van der Waals surface area contributed by atoms with Crippen LogP contribution in [0.5, 0.6) is 0 Å². The molecule has 0 unspecified atom stereocenters. The second-order valence-electron chi connectivity index (χ2n) is 7.34. The molecule has 1 aromatic rings. The minimum atomic E-state index is 0.736. The van der Waals surface area contributed by atoms with E-state index in [1.807, 2.05) is 18.7 Å². The van der Waals surface area contributed by atoms with Crippen LogP contribution in [0.1, 0.15) is 51.9 Å². The van der Waals surface area contributed by atoms with Gasteiger partial charge in [0, 0.05) is 31.0 Å². The van der Waals surface area contributed by atoms with E-state index in [9.17, 15) is 0 Å². The first-order valence-corrected chi connectivity index (χ1v) is 9.24. The Balaban J connectivity index is 1.30. The monoisotopic (exact) mass is 304 g/mol. The molecular weight excluding hydrogens is 272 g/mol. The van der Waals surface area contributed by atoms with Gasteiger partial charge in [0.25, 0.3) is 0 Å². The van der Waals surface area contributed by atoms with Crippen LogP contribution in [0.3, 0.4) is 0 Å². The minimum Gasteiger partial charge on any atom is -0.337 e. The number of nitrogens with zero attached hydrogens (tertiary/aromatic N) is 3. The highest BCUT2D eigenvalue weighted by Crippen LogP contribution is 2.29. The Morgan fingerprint density at radius 1 is 1.18 bits per heavy atom. The lowest BCUT2D eigenvalue weighted by molar-refractivity contribution is 0.100. The van der Waals surface area contributed by atoms with Crippen molar-refractivity contribution in [1.82, 2.24) is 19.8 Å². The van der Waals surface area contributed by atoms with Gasteiger partial charge in [-0.2, -0.15) is 0 Å². The van der Waals surface area contributed by atoms with Gasteiger partial charge < -0.3 is 14.8 Å². The summed E-state index contributed by atoms with van der Waals surface area (Å²) < 4.78 is 2.16. The predicted octanol–water partition coefficient (Wildman–Crippen LogP) is 2.91. The normalized spacial score (nSPS) is 28.0. The highest BCUT2D eigenvalue weighted by Gasteiger charge is 2.27. The van der Waals surface area contributed by atoms with Crippen LogP contribution in [0, 0.1) is 5.92 Å². The Morgan fingerprint density at radius 2 is 2.05 bits per heavy atom. The fraction of sp³-hybridized carbons (Fsp3) is 0.833. The van der Waals surface area contributed by atoms with E-state index in [1.54, 1.807) is 0 Å². The van der Waals surface area contributed by atoms with Gasteiger partial charge in [0.1, 0.15) is 0 Å². The molecule has 2 heterocycles. The summed E-state index contributed by atoms with van der Waals surface area (Å²) in [4.78, 5) is 6.86. The van der Waals surface area contributed by atoms with E-state index in [0.717, 1.165) is 31.1 Å². The molecule has 1 saturated heterocycles. The Bertz CT molecular complexity index is 409. The standard InChI is InChI=1S/C18H32N4/c1-16-4-2-5-18(14-16)22-11-6-17(7-12-22)20-8-3-10-21-13-9-19-15-21/h9,13,15-18,20H,2-8,10-12,14H2,1H3/t16-,18-/m0/s1. The highest BCUT2D eigenvalue weighted by molar-refractivity contribution is 4.84. The van der Waals surface area contributed by atoms with Crippen LogP contribution < -0.4 is 5.32 Å². The summed E-state index contributed by atoms with van der Waals surface area (Å²) in [5.74, 6) is 0.942. The molecule has 1 saturated carbocycles. The lowest BCUT2D eigenvalue weighted by atomic mass is 9.85. The molecule has 4 nitrogen and oxygen atoms in total. The summed E-state index contributed by atoms with van der Waals surface area (Å²) in [5.41, 5.74) is 0. The maximum atomic E-state index is 4.09. The molecule has 1 N–H and O–H groups in total. The summed E-state index contributed by atoms with van der Waals surface area (Å²) in [6.07, 6.45) is 15.4. The fourth-order valence-electron chi connectivity index (χ4n) is 4.19. The molecule has 0 spiro atoms. The van der Waals surface area contributed by atoms with Crippen LogP contribution in [0.15, 0.2) is 18.7 Å². The van der Waals surface area contributed by atoms with Gasteiger partial charge in [-0.3, -0.25) is 0 Å². The van der Waals surface area contributed by atoms with Gasteiger partial charge in [0.05, 0.1) is 6.33 Å². The Hall–Kier alpha value is -0.870. The van der Waals surface area contributed by atoms with E-state index in [1.165, 1.54) is 58.0 Å². The molecule has 1 aliphatic carbocycles. The number of piperidine rings is 1.